The predicted molar refractivity (Wildman–Crippen MR) is 57.7 cm³/mol. The SMILES string of the molecule is C=CCN1C[C@H](OC(C)=O)[C@H](OC(C)=O)C1. The fourth-order valence-corrected chi connectivity index (χ4v) is 1.80. The molecule has 0 radical (unpaired) electrons. The summed E-state index contributed by atoms with van der Waals surface area (Å²) in [6.45, 7) is 8.17. The van der Waals surface area contributed by atoms with Crippen LogP contribution in [0.1, 0.15) is 13.8 Å². The lowest BCUT2D eigenvalue weighted by molar-refractivity contribution is -0.160. The van der Waals surface area contributed by atoms with E-state index in [4.69, 9.17) is 9.47 Å². The molecule has 0 aromatic carbocycles. The lowest BCUT2D eigenvalue weighted by Gasteiger charge is -2.17. The first-order valence-electron chi connectivity index (χ1n) is 5.20. The number of esters is 2. The van der Waals surface area contributed by atoms with Crippen molar-refractivity contribution in [3.8, 4) is 0 Å². The fraction of sp³-hybridized carbons (Fsp3) is 0.636. The van der Waals surface area contributed by atoms with Crippen molar-refractivity contribution in [1.82, 2.24) is 4.90 Å². The highest BCUT2D eigenvalue weighted by atomic mass is 16.6. The van der Waals surface area contributed by atoms with Gasteiger partial charge in [0.15, 0.2) is 12.2 Å². The molecule has 0 spiro atoms. The molecule has 0 bridgehead atoms. The summed E-state index contributed by atoms with van der Waals surface area (Å²) in [4.78, 5) is 23.8. The van der Waals surface area contributed by atoms with Crippen molar-refractivity contribution < 1.29 is 19.1 Å². The summed E-state index contributed by atoms with van der Waals surface area (Å²) < 4.78 is 10.2. The highest BCUT2D eigenvalue weighted by molar-refractivity contribution is 5.67. The predicted octanol–water partition coefficient (Wildman–Crippen LogP) is 0.351. The van der Waals surface area contributed by atoms with Crippen LogP contribution in [0.3, 0.4) is 0 Å². The van der Waals surface area contributed by atoms with Crippen molar-refractivity contribution in [1.29, 1.82) is 0 Å². The molecule has 16 heavy (non-hydrogen) atoms. The van der Waals surface area contributed by atoms with E-state index in [0.717, 1.165) is 0 Å². The van der Waals surface area contributed by atoms with Gasteiger partial charge in [0, 0.05) is 33.5 Å². The van der Waals surface area contributed by atoms with Crippen LogP contribution in [0.25, 0.3) is 0 Å². The van der Waals surface area contributed by atoms with Crippen molar-refractivity contribution in [2.75, 3.05) is 19.6 Å². The van der Waals surface area contributed by atoms with E-state index in [2.05, 4.69) is 6.58 Å². The Hall–Kier alpha value is -1.36. The van der Waals surface area contributed by atoms with Gasteiger partial charge in [-0.1, -0.05) is 6.08 Å². The second kappa shape index (κ2) is 5.65. The molecular weight excluding hydrogens is 210 g/mol. The summed E-state index contributed by atoms with van der Waals surface area (Å²) in [6, 6.07) is 0. The first-order chi connectivity index (χ1) is 7.52. The van der Waals surface area contributed by atoms with Gasteiger partial charge in [0.1, 0.15) is 0 Å². The maximum Gasteiger partial charge on any atom is 0.303 e. The van der Waals surface area contributed by atoms with E-state index in [9.17, 15) is 9.59 Å². The molecule has 0 aromatic heterocycles. The van der Waals surface area contributed by atoms with Gasteiger partial charge in [0.25, 0.3) is 0 Å². The zero-order chi connectivity index (χ0) is 12.1. The number of carbonyl (C=O) groups is 2. The standard InChI is InChI=1S/C11H17NO4/c1-4-5-12-6-10(15-8(2)13)11(7-12)16-9(3)14/h4,10-11H,1,5-7H2,2-3H3/t10-,11+. The number of hydrogen-bond donors (Lipinski definition) is 0. The monoisotopic (exact) mass is 227 g/mol. The summed E-state index contributed by atoms with van der Waals surface area (Å²) in [6.07, 6.45) is 1.02. The Kier molecular flexibility index (Phi) is 4.49. The van der Waals surface area contributed by atoms with Crippen LogP contribution in [0.15, 0.2) is 12.7 Å². The van der Waals surface area contributed by atoms with E-state index in [1.165, 1.54) is 13.8 Å². The maximum atomic E-state index is 10.9. The molecule has 1 fully saturated rings. The number of hydrogen-bond acceptors (Lipinski definition) is 5. The van der Waals surface area contributed by atoms with E-state index >= 15 is 0 Å². The summed E-state index contributed by atoms with van der Waals surface area (Å²) in [5.74, 6) is -0.717. The minimum Gasteiger partial charge on any atom is -0.457 e. The van der Waals surface area contributed by atoms with Gasteiger partial charge in [0.05, 0.1) is 0 Å². The third-order valence-electron chi connectivity index (χ3n) is 2.31. The van der Waals surface area contributed by atoms with Crippen molar-refractivity contribution in [2.24, 2.45) is 0 Å². The molecule has 1 heterocycles. The van der Waals surface area contributed by atoms with Gasteiger partial charge in [-0.05, 0) is 0 Å². The molecule has 0 unspecified atom stereocenters. The molecule has 1 aliphatic rings. The van der Waals surface area contributed by atoms with Crippen molar-refractivity contribution in [3.63, 3.8) is 0 Å². The largest absolute Gasteiger partial charge is 0.457 e. The zero-order valence-electron chi connectivity index (χ0n) is 9.64. The van der Waals surface area contributed by atoms with Crippen LogP contribution < -0.4 is 0 Å². The Labute approximate surface area is 95.0 Å². The van der Waals surface area contributed by atoms with Crippen LogP contribution in [0.4, 0.5) is 0 Å². The van der Waals surface area contributed by atoms with Crippen LogP contribution in [0, 0.1) is 0 Å². The Morgan fingerprint density at radius 3 is 2.00 bits per heavy atom. The lowest BCUT2D eigenvalue weighted by Crippen LogP contribution is -2.32. The smallest absolute Gasteiger partial charge is 0.303 e. The van der Waals surface area contributed by atoms with E-state index in [1.807, 2.05) is 4.90 Å². The summed E-state index contributed by atoms with van der Waals surface area (Å²) in [5.41, 5.74) is 0. The number of carbonyl (C=O) groups excluding carboxylic acids is 2. The summed E-state index contributed by atoms with van der Waals surface area (Å²) in [5, 5.41) is 0. The first-order valence-corrected chi connectivity index (χ1v) is 5.20. The van der Waals surface area contributed by atoms with E-state index < -0.39 is 0 Å². The van der Waals surface area contributed by atoms with Crippen molar-refractivity contribution in [2.45, 2.75) is 26.1 Å². The third kappa shape index (κ3) is 3.66. The highest BCUT2D eigenvalue weighted by Gasteiger charge is 2.36. The van der Waals surface area contributed by atoms with Crippen LogP contribution in [0.2, 0.25) is 0 Å². The molecule has 0 N–H and O–H groups in total. The average Bonchev–Trinajstić information content (AvgIpc) is 2.46. The molecule has 5 heteroatoms. The van der Waals surface area contributed by atoms with E-state index in [-0.39, 0.29) is 24.1 Å². The van der Waals surface area contributed by atoms with Gasteiger partial charge in [0.2, 0.25) is 0 Å². The number of rotatable bonds is 4. The van der Waals surface area contributed by atoms with Crippen molar-refractivity contribution >= 4 is 11.9 Å². The molecular formula is C11H17NO4. The molecule has 90 valence electrons. The highest BCUT2D eigenvalue weighted by Crippen LogP contribution is 2.17. The third-order valence-corrected chi connectivity index (χ3v) is 2.31. The normalized spacial score (nSPS) is 25.1. The molecule has 0 aliphatic carbocycles. The average molecular weight is 227 g/mol. The summed E-state index contributed by atoms with van der Waals surface area (Å²) in [7, 11) is 0. The summed E-state index contributed by atoms with van der Waals surface area (Å²) >= 11 is 0. The maximum absolute atomic E-state index is 10.9. The van der Waals surface area contributed by atoms with Crippen LogP contribution in [0.5, 0.6) is 0 Å². The zero-order valence-corrected chi connectivity index (χ0v) is 9.64. The number of ether oxygens (including phenoxy) is 2. The number of nitrogens with zero attached hydrogens (tertiary/aromatic N) is 1. The minimum absolute atomic E-state index is 0.359. The minimum atomic E-state index is -0.374. The van der Waals surface area contributed by atoms with Gasteiger partial charge in [-0.15, -0.1) is 6.58 Å². The molecule has 5 nitrogen and oxygen atoms in total. The van der Waals surface area contributed by atoms with Crippen molar-refractivity contribution in [3.05, 3.63) is 12.7 Å². The second-order valence-electron chi connectivity index (χ2n) is 3.80. The van der Waals surface area contributed by atoms with Crippen LogP contribution in [-0.4, -0.2) is 48.7 Å². The van der Waals surface area contributed by atoms with Gasteiger partial charge in [-0.2, -0.15) is 0 Å². The molecule has 0 amide bonds. The Morgan fingerprint density at radius 1 is 1.25 bits per heavy atom. The first kappa shape index (κ1) is 12.7. The quantitative estimate of drug-likeness (QED) is 0.512. The topological polar surface area (TPSA) is 55.8 Å². The van der Waals surface area contributed by atoms with Gasteiger partial charge in [-0.3, -0.25) is 14.5 Å². The Balaban J connectivity index is 2.58. The Bertz CT molecular complexity index is 266. The molecule has 1 saturated heterocycles. The Morgan fingerprint density at radius 2 is 1.69 bits per heavy atom. The van der Waals surface area contributed by atoms with E-state index in [1.54, 1.807) is 6.08 Å². The molecule has 1 rings (SSSR count). The fourth-order valence-electron chi connectivity index (χ4n) is 1.80. The van der Waals surface area contributed by atoms with Crippen LogP contribution >= 0.6 is 0 Å². The van der Waals surface area contributed by atoms with E-state index in [0.29, 0.717) is 19.6 Å². The van der Waals surface area contributed by atoms with Gasteiger partial charge >= 0.3 is 11.9 Å². The molecule has 1 aliphatic heterocycles. The van der Waals surface area contributed by atoms with Gasteiger partial charge in [-0.25, -0.2) is 0 Å². The molecule has 2 atom stereocenters. The lowest BCUT2D eigenvalue weighted by atomic mass is 10.2. The molecule has 0 aromatic rings. The molecule has 0 saturated carbocycles. The van der Waals surface area contributed by atoms with Crippen LogP contribution in [-0.2, 0) is 19.1 Å². The van der Waals surface area contributed by atoms with Gasteiger partial charge < -0.3 is 9.47 Å². The second-order valence-corrected chi connectivity index (χ2v) is 3.80. The number of likely N-dealkylation sites (tertiary alicyclic amines) is 1.